The smallest absolute Gasteiger partial charge is 0.262 e. The second-order valence-corrected chi connectivity index (χ2v) is 9.98. The number of carbonyl (C=O) groups excluding carboxylic acids is 2. The van der Waals surface area contributed by atoms with Gasteiger partial charge in [-0.15, -0.1) is 0 Å². The van der Waals surface area contributed by atoms with Crippen LogP contribution in [0.15, 0.2) is 82.9 Å². The molecular formula is C28H25FN4O3S. The topological polar surface area (TPSA) is 83.4 Å². The van der Waals surface area contributed by atoms with Crippen LogP contribution in [-0.2, 0) is 9.59 Å². The van der Waals surface area contributed by atoms with Crippen molar-refractivity contribution >= 4 is 40.1 Å². The molecule has 2 amide bonds. The van der Waals surface area contributed by atoms with Crippen LogP contribution in [0.25, 0.3) is 0 Å². The molecule has 0 unspecified atom stereocenters. The number of nitrogens with one attached hydrogen (secondary N) is 1. The Hall–Kier alpha value is -3.98. The molecule has 0 radical (unpaired) electrons. The summed E-state index contributed by atoms with van der Waals surface area (Å²) in [4.78, 5) is 29.6. The standard InChI is InChI=1S/C28H25FN4O3S/c1-17-8-11-20(14-22(17)29)30-26(34)16-25-27(35)31-28(37-25)33-24(19-6-4-3-5-7-19)15-23(32-33)18-9-12-21(36-2)13-10-18/h3-14,24-25H,15-16H2,1-2H3,(H,30,34)/t24-,25-/m1/s1. The van der Waals surface area contributed by atoms with Crippen LogP contribution in [0.1, 0.15) is 35.6 Å². The quantitative estimate of drug-likeness (QED) is 0.480. The van der Waals surface area contributed by atoms with Crippen LogP contribution in [0.5, 0.6) is 5.75 Å². The number of methoxy groups -OCH3 is 1. The van der Waals surface area contributed by atoms with Gasteiger partial charge >= 0.3 is 0 Å². The summed E-state index contributed by atoms with van der Waals surface area (Å²) >= 11 is 1.23. The van der Waals surface area contributed by atoms with E-state index in [1.54, 1.807) is 31.2 Å². The summed E-state index contributed by atoms with van der Waals surface area (Å²) in [6.07, 6.45) is 0.555. The van der Waals surface area contributed by atoms with Gasteiger partial charge in [0.1, 0.15) is 16.8 Å². The normalized spacial score (nSPS) is 19.0. The van der Waals surface area contributed by atoms with Gasteiger partial charge in [-0.2, -0.15) is 10.1 Å². The van der Waals surface area contributed by atoms with Crippen LogP contribution in [-0.4, -0.2) is 40.1 Å². The fourth-order valence-electron chi connectivity index (χ4n) is 4.23. The number of thioether (sulfide) groups is 1. The maximum Gasteiger partial charge on any atom is 0.262 e. The number of rotatable bonds is 6. The number of hydrazone groups is 1. The van der Waals surface area contributed by atoms with Crippen molar-refractivity contribution < 1.29 is 18.7 Å². The van der Waals surface area contributed by atoms with E-state index < -0.39 is 11.1 Å². The van der Waals surface area contributed by atoms with E-state index in [-0.39, 0.29) is 24.3 Å². The first kappa shape index (κ1) is 24.7. The summed E-state index contributed by atoms with van der Waals surface area (Å²) in [6.45, 7) is 1.65. The molecule has 0 bridgehead atoms. The molecule has 1 N–H and O–H groups in total. The number of nitrogens with zero attached hydrogens (tertiary/aromatic N) is 3. The molecule has 188 valence electrons. The highest BCUT2D eigenvalue weighted by Gasteiger charge is 2.39. The van der Waals surface area contributed by atoms with E-state index >= 15 is 0 Å². The molecule has 0 aromatic heterocycles. The lowest BCUT2D eigenvalue weighted by Crippen LogP contribution is -2.25. The zero-order valence-corrected chi connectivity index (χ0v) is 21.2. The van der Waals surface area contributed by atoms with E-state index in [2.05, 4.69) is 10.3 Å². The molecule has 3 aromatic rings. The van der Waals surface area contributed by atoms with Crippen molar-refractivity contribution in [3.05, 3.63) is 95.3 Å². The molecule has 7 nitrogen and oxygen atoms in total. The monoisotopic (exact) mass is 516 g/mol. The Morgan fingerprint density at radius 1 is 1.14 bits per heavy atom. The first-order chi connectivity index (χ1) is 17.9. The van der Waals surface area contributed by atoms with Crippen molar-refractivity contribution in [2.75, 3.05) is 12.4 Å². The van der Waals surface area contributed by atoms with E-state index in [1.807, 2.05) is 54.6 Å². The second-order valence-electron chi connectivity index (χ2n) is 8.81. The number of amidine groups is 1. The van der Waals surface area contributed by atoms with Gasteiger partial charge in [0.2, 0.25) is 5.91 Å². The summed E-state index contributed by atoms with van der Waals surface area (Å²) in [7, 11) is 1.62. The van der Waals surface area contributed by atoms with Crippen molar-refractivity contribution in [1.29, 1.82) is 0 Å². The molecule has 0 aliphatic carbocycles. The average molecular weight is 517 g/mol. The number of benzene rings is 3. The highest BCUT2D eigenvalue weighted by molar-refractivity contribution is 8.15. The minimum absolute atomic E-state index is 0.0785. The molecule has 9 heteroatoms. The molecule has 2 aliphatic heterocycles. The van der Waals surface area contributed by atoms with E-state index in [9.17, 15) is 14.0 Å². The number of hydrogen-bond donors (Lipinski definition) is 1. The van der Waals surface area contributed by atoms with Crippen LogP contribution in [0, 0.1) is 12.7 Å². The third-order valence-electron chi connectivity index (χ3n) is 6.27. The van der Waals surface area contributed by atoms with Crippen molar-refractivity contribution in [3.8, 4) is 5.75 Å². The van der Waals surface area contributed by atoms with Gasteiger partial charge in [-0.3, -0.25) is 9.59 Å². The minimum atomic E-state index is -0.679. The van der Waals surface area contributed by atoms with Crippen LogP contribution >= 0.6 is 11.8 Å². The van der Waals surface area contributed by atoms with E-state index in [0.29, 0.717) is 22.8 Å². The van der Waals surface area contributed by atoms with Gasteiger partial charge in [0.05, 0.1) is 18.9 Å². The van der Waals surface area contributed by atoms with Crippen molar-refractivity contribution in [2.45, 2.75) is 31.1 Å². The van der Waals surface area contributed by atoms with Gasteiger partial charge in [0.15, 0.2) is 5.17 Å². The number of aliphatic imine (C=N–C) groups is 1. The number of aryl methyl sites for hydroxylation is 1. The summed E-state index contributed by atoms with van der Waals surface area (Å²) in [5, 5.41) is 9.08. The van der Waals surface area contributed by atoms with E-state index in [4.69, 9.17) is 9.84 Å². The minimum Gasteiger partial charge on any atom is -0.497 e. The largest absolute Gasteiger partial charge is 0.497 e. The molecule has 0 spiro atoms. The Morgan fingerprint density at radius 2 is 1.89 bits per heavy atom. The Morgan fingerprint density at radius 3 is 2.59 bits per heavy atom. The van der Waals surface area contributed by atoms with Gasteiger partial charge in [0.25, 0.3) is 5.91 Å². The summed E-state index contributed by atoms with van der Waals surface area (Å²) in [6, 6.07) is 22.0. The molecule has 2 aliphatic rings. The van der Waals surface area contributed by atoms with Crippen molar-refractivity contribution in [1.82, 2.24) is 5.01 Å². The van der Waals surface area contributed by atoms with Crippen molar-refractivity contribution in [3.63, 3.8) is 0 Å². The van der Waals surface area contributed by atoms with Gasteiger partial charge in [0, 0.05) is 18.5 Å². The summed E-state index contributed by atoms with van der Waals surface area (Å²) in [5.74, 6) is -0.407. The molecular weight excluding hydrogens is 491 g/mol. The number of ether oxygens (including phenoxy) is 1. The lowest BCUT2D eigenvalue weighted by atomic mass is 9.98. The number of hydrogen-bond acceptors (Lipinski definition) is 6. The lowest BCUT2D eigenvalue weighted by Gasteiger charge is -2.23. The zero-order valence-electron chi connectivity index (χ0n) is 20.3. The molecule has 0 fully saturated rings. The van der Waals surface area contributed by atoms with Crippen molar-refractivity contribution in [2.24, 2.45) is 10.1 Å². The lowest BCUT2D eigenvalue weighted by molar-refractivity contribution is -0.121. The third kappa shape index (κ3) is 5.41. The number of anilines is 1. The summed E-state index contributed by atoms with van der Waals surface area (Å²) < 4.78 is 19.1. The Labute approximate surface area is 218 Å². The molecule has 5 rings (SSSR count). The highest BCUT2D eigenvalue weighted by Crippen LogP contribution is 2.38. The maximum absolute atomic E-state index is 13.8. The Bertz CT molecular complexity index is 1390. The van der Waals surface area contributed by atoms with E-state index in [1.165, 1.54) is 17.8 Å². The van der Waals surface area contributed by atoms with Gasteiger partial charge < -0.3 is 10.1 Å². The predicted molar refractivity (Wildman–Crippen MR) is 143 cm³/mol. The third-order valence-corrected chi connectivity index (χ3v) is 7.41. The van der Waals surface area contributed by atoms with Gasteiger partial charge in [-0.1, -0.05) is 48.2 Å². The predicted octanol–water partition coefficient (Wildman–Crippen LogP) is 5.32. The molecule has 0 saturated heterocycles. The van der Waals surface area contributed by atoms with Crippen LogP contribution in [0.2, 0.25) is 0 Å². The molecule has 2 heterocycles. The first-order valence-corrected chi connectivity index (χ1v) is 12.7. The second kappa shape index (κ2) is 10.6. The fourth-order valence-corrected chi connectivity index (χ4v) is 5.30. The Balaban J connectivity index is 1.33. The molecule has 0 saturated carbocycles. The van der Waals surface area contributed by atoms with E-state index in [0.717, 1.165) is 22.6 Å². The zero-order chi connectivity index (χ0) is 25.9. The number of carbonyl (C=O) groups is 2. The fraction of sp³-hybridized carbons (Fsp3) is 0.214. The Kier molecular flexibility index (Phi) is 7.05. The van der Waals surface area contributed by atoms with Crippen LogP contribution < -0.4 is 10.1 Å². The van der Waals surface area contributed by atoms with Crippen LogP contribution in [0.3, 0.4) is 0 Å². The molecule has 2 atom stereocenters. The maximum atomic E-state index is 13.8. The summed E-state index contributed by atoms with van der Waals surface area (Å²) in [5.41, 5.74) is 3.72. The molecule has 3 aromatic carbocycles. The van der Waals surface area contributed by atoms with Gasteiger partial charge in [-0.05, 0) is 60.0 Å². The number of halogens is 1. The first-order valence-electron chi connectivity index (χ1n) is 11.8. The van der Waals surface area contributed by atoms with Gasteiger partial charge in [-0.25, -0.2) is 9.40 Å². The molecule has 37 heavy (non-hydrogen) atoms. The average Bonchev–Trinajstić information content (AvgIpc) is 3.51. The SMILES string of the molecule is COc1ccc(C2=NN(C3=NC(=O)[C@@H](CC(=O)Nc4ccc(C)c(F)c4)S3)[C@@H](c3ccccc3)C2)cc1. The number of amides is 2. The van der Waals surface area contributed by atoms with Crippen LogP contribution in [0.4, 0.5) is 10.1 Å². The highest BCUT2D eigenvalue weighted by atomic mass is 32.2.